The van der Waals surface area contributed by atoms with Crippen molar-refractivity contribution >= 4 is 12.0 Å². The van der Waals surface area contributed by atoms with Crippen LogP contribution in [-0.2, 0) is 9.53 Å². The highest BCUT2D eigenvalue weighted by Gasteiger charge is 2.22. The highest BCUT2D eigenvalue weighted by atomic mass is 16.5. The van der Waals surface area contributed by atoms with Crippen LogP contribution < -0.4 is 10.6 Å². The van der Waals surface area contributed by atoms with Gasteiger partial charge in [0.1, 0.15) is 12.6 Å². The molecule has 1 fully saturated rings. The van der Waals surface area contributed by atoms with E-state index in [-0.39, 0.29) is 18.4 Å². The van der Waals surface area contributed by atoms with Gasteiger partial charge in [-0.15, -0.1) is 0 Å². The lowest BCUT2D eigenvalue weighted by atomic mass is 10.0. The molecule has 0 spiro atoms. The Bertz CT molecular complexity index is 412. The smallest absolute Gasteiger partial charge is 0.407 e. The average molecular weight is 323 g/mol. The molecule has 23 heavy (non-hydrogen) atoms. The fourth-order valence-corrected chi connectivity index (χ4v) is 2.97. The molecule has 2 N–H and O–H groups in total. The summed E-state index contributed by atoms with van der Waals surface area (Å²) >= 11 is 0. The number of nitriles is 1. The number of carbonyl (C=O) groups is 2. The summed E-state index contributed by atoms with van der Waals surface area (Å²) < 4.78 is 5.17. The number of rotatable bonds is 9. The minimum Gasteiger partial charge on any atom is -0.450 e. The highest BCUT2D eigenvalue weighted by Crippen LogP contribution is 2.28. The topological polar surface area (TPSA) is 91.2 Å². The van der Waals surface area contributed by atoms with Crippen LogP contribution in [0.2, 0.25) is 0 Å². The van der Waals surface area contributed by atoms with Crippen LogP contribution in [0.3, 0.4) is 0 Å². The van der Waals surface area contributed by atoms with Gasteiger partial charge in [0.05, 0.1) is 12.7 Å². The van der Waals surface area contributed by atoms with E-state index in [1.807, 2.05) is 19.9 Å². The number of nitrogens with one attached hydrogen (secondary N) is 2. The molecule has 1 atom stereocenters. The fraction of sp³-hybridized carbons (Fsp3) is 0.824. The van der Waals surface area contributed by atoms with Crippen molar-refractivity contribution in [1.29, 1.82) is 5.26 Å². The molecule has 1 rings (SSSR count). The molecule has 0 heterocycles. The molecular formula is C17H29N3O3. The Labute approximate surface area is 139 Å². The Morgan fingerprint density at radius 3 is 2.61 bits per heavy atom. The number of hydrogen-bond donors (Lipinski definition) is 2. The molecule has 0 aliphatic heterocycles. The summed E-state index contributed by atoms with van der Waals surface area (Å²) in [4.78, 5) is 23.8. The van der Waals surface area contributed by atoms with Gasteiger partial charge in [-0.05, 0) is 31.1 Å². The van der Waals surface area contributed by atoms with Crippen LogP contribution in [0, 0.1) is 23.2 Å². The van der Waals surface area contributed by atoms with E-state index < -0.39 is 12.1 Å². The second-order valence-corrected chi connectivity index (χ2v) is 6.63. The number of carbonyl (C=O) groups excluding carboxylic acids is 2. The third-order valence-corrected chi connectivity index (χ3v) is 4.12. The summed E-state index contributed by atoms with van der Waals surface area (Å²) in [5.74, 6) is 0.686. The molecule has 2 amide bonds. The number of alkyl carbamates (subject to hydrolysis) is 1. The third-order valence-electron chi connectivity index (χ3n) is 4.12. The minimum absolute atomic E-state index is 0.0639. The SMILES string of the molecule is CC(C)C[C@H](NC(=O)OCCCC1CCCC1)C(=O)NCC#N. The van der Waals surface area contributed by atoms with Gasteiger partial charge in [0.2, 0.25) is 5.91 Å². The molecule has 1 aliphatic carbocycles. The van der Waals surface area contributed by atoms with Gasteiger partial charge < -0.3 is 15.4 Å². The second kappa shape index (κ2) is 10.9. The second-order valence-electron chi connectivity index (χ2n) is 6.63. The van der Waals surface area contributed by atoms with Crippen LogP contribution in [0.5, 0.6) is 0 Å². The monoisotopic (exact) mass is 323 g/mol. The zero-order chi connectivity index (χ0) is 17.1. The Balaban J connectivity index is 2.28. The van der Waals surface area contributed by atoms with E-state index in [0.717, 1.165) is 18.8 Å². The van der Waals surface area contributed by atoms with E-state index in [4.69, 9.17) is 10.00 Å². The van der Waals surface area contributed by atoms with Crippen LogP contribution >= 0.6 is 0 Å². The number of amides is 2. The Morgan fingerprint density at radius 1 is 1.30 bits per heavy atom. The lowest BCUT2D eigenvalue weighted by Gasteiger charge is -2.19. The van der Waals surface area contributed by atoms with E-state index in [1.54, 1.807) is 0 Å². The summed E-state index contributed by atoms with van der Waals surface area (Å²) in [5, 5.41) is 13.6. The molecule has 0 aromatic rings. The standard InChI is InChI=1S/C17H29N3O3/c1-13(2)12-15(16(21)19-10-9-18)20-17(22)23-11-5-8-14-6-3-4-7-14/h13-15H,3-8,10-12H2,1-2H3,(H,19,21)(H,20,22)/t15-/m0/s1. The van der Waals surface area contributed by atoms with Gasteiger partial charge >= 0.3 is 6.09 Å². The molecule has 0 aromatic heterocycles. The Morgan fingerprint density at radius 2 is 2.00 bits per heavy atom. The van der Waals surface area contributed by atoms with Crippen molar-refractivity contribution in [1.82, 2.24) is 10.6 Å². The first kappa shape index (κ1) is 19.3. The van der Waals surface area contributed by atoms with Crippen LogP contribution in [0.25, 0.3) is 0 Å². The van der Waals surface area contributed by atoms with E-state index in [0.29, 0.717) is 13.0 Å². The molecule has 0 saturated heterocycles. The lowest BCUT2D eigenvalue weighted by Crippen LogP contribution is -2.47. The Hall–Kier alpha value is -1.77. The van der Waals surface area contributed by atoms with Crippen molar-refractivity contribution < 1.29 is 14.3 Å². The predicted molar refractivity (Wildman–Crippen MR) is 87.5 cm³/mol. The zero-order valence-corrected chi connectivity index (χ0v) is 14.3. The van der Waals surface area contributed by atoms with E-state index >= 15 is 0 Å². The van der Waals surface area contributed by atoms with Gasteiger partial charge in [-0.3, -0.25) is 4.79 Å². The van der Waals surface area contributed by atoms with Crippen molar-refractivity contribution in [3.63, 3.8) is 0 Å². The van der Waals surface area contributed by atoms with Gasteiger partial charge in [-0.25, -0.2) is 4.79 Å². The first-order valence-electron chi connectivity index (χ1n) is 8.61. The third kappa shape index (κ3) is 8.44. The van der Waals surface area contributed by atoms with Crippen molar-refractivity contribution in [3.05, 3.63) is 0 Å². The van der Waals surface area contributed by atoms with Crippen LogP contribution in [-0.4, -0.2) is 31.2 Å². The maximum atomic E-state index is 11.9. The zero-order valence-electron chi connectivity index (χ0n) is 14.3. The number of hydrogen-bond acceptors (Lipinski definition) is 4. The van der Waals surface area contributed by atoms with E-state index in [2.05, 4.69) is 10.6 Å². The lowest BCUT2D eigenvalue weighted by molar-refractivity contribution is -0.123. The maximum absolute atomic E-state index is 11.9. The highest BCUT2D eigenvalue weighted by molar-refractivity contribution is 5.85. The van der Waals surface area contributed by atoms with Gasteiger partial charge in [0, 0.05) is 0 Å². The van der Waals surface area contributed by atoms with Gasteiger partial charge in [0.25, 0.3) is 0 Å². The summed E-state index contributed by atoms with van der Waals surface area (Å²) in [6.07, 6.45) is 7.15. The van der Waals surface area contributed by atoms with Crippen molar-refractivity contribution in [2.24, 2.45) is 11.8 Å². The molecule has 6 nitrogen and oxygen atoms in total. The molecule has 0 aromatic carbocycles. The van der Waals surface area contributed by atoms with E-state index in [9.17, 15) is 9.59 Å². The summed E-state index contributed by atoms with van der Waals surface area (Å²) in [6.45, 7) is 4.26. The maximum Gasteiger partial charge on any atom is 0.407 e. The normalized spacial score (nSPS) is 15.9. The van der Waals surface area contributed by atoms with Crippen molar-refractivity contribution in [3.8, 4) is 6.07 Å². The Kier molecular flexibility index (Phi) is 9.11. The summed E-state index contributed by atoms with van der Waals surface area (Å²) in [6, 6.07) is 1.19. The number of ether oxygens (including phenoxy) is 1. The molecule has 0 radical (unpaired) electrons. The van der Waals surface area contributed by atoms with Crippen molar-refractivity contribution in [2.45, 2.75) is 64.8 Å². The number of nitrogens with zero attached hydrogens (tertiary/aromatic N) is 1. The largest absolute Gasteiger partial charge is 0.450 e. The summed E-state index contributed by atoms with van der Waals surface area (Å²) in [7, 11) is 0. The van der Waals surface area contributed by atoms with Gasteiger partial charge in [-0.1, -0.05) is 39.5 Å². The van der Waals surface area contributed by atoms with E-state index in [1.165, 1.54) is 25.7 Å². The van der Waals surface area contributed by atoms with Crippen LogP contribution in [0.4, 0.5) is 4.79 Å². The van der Waals surface area contributed by atoms with Gasteiger partial charge in [0.15, 0.2) is 0 Å². The molecule has 0 bridgehead atoms. The minimum atomic E-state index is -0.661. The fourth-order valence-electron chi connectivity index (χ4n) is 2.97. The molecular weight excluding hydrogens is 294 g/mol. The van der Waals surface area contributed by atoms with Crippen LogP contribution in [0.15, 0.2) is 0 Å². The average Bonchev–Trinajstić information content (AvgIpc) is 3.01. The molecule has 1 aliphatic rings. The molecule has 6 heteroatoms. The van der Waals surface area contributed by atoms with Crippen molar-refractivity contribution in [2.75, 3.05) is 13.2 Å². The summed E-state index contributed by atoms with van der Waals surface area (Å²) in [5.41, 5.74) is 0. The molecule has 130 valence electrons. The van der Waals surface area contributed by atoms with Crippen LogP contribution in [0.1, 0.15) is 58.8 Å². The van der Waals surface area contributed by atoms with Gasteiger partial charge in [-0.2, -0.15) is 5.26 Å². The molecule has 0 unspecified atom stereocenters. The quantitative estimate of drug-likeness (QED) is 0.504. The first-order valence-corrected chi connectivity index (χ1v) is 8.61. The predicted octanol–water partition coefficient (Wildman–Crippen LogP) is 2.74. The first-order chi connectivity index (χ1) is 11.0. The molecule has 1 saturated carbocycles.